The van der Waals surface area contributed by atoms with Crippen LogP contribution in [0.3, 0.4) is 0 Å². The van der Waals surface area contributed by atoms with Gasteiger partial charge in [-0.05, 0) is 18.8 Å². The first-order valence-corrected chi connectivity index (χ1v) is 6.54. The molecule has 0 bridgehead atoms. The second-order valence-corrected chi connectivity index (χ2v) is 4.95. The lowest BCUT2D eigenvalue weighted by Crippen LogP contribution is -2.08. The van der Waals surface area contributed by atoms with Gasteiger partial charge in [0.1, 0.15) is 6.33 Å². The van der Waals surface area contributed by atoms with Crippen LogP contribution in [0.25, 0.3) is 0 Å². The minimum atomic E-state index is -0.852. The highest BCUT2D eigenvalue weighted by Crippen LogP contribution is 2.28. The number of rotatable bonds is 8. The molecule has 1 fully saturated rings. The van der Waals surface area contributed by atoms with Gasteiger partial charge < -0.3 is 14.4 Å². The minimum Gasteiger partial charge on any atom is -0.481 e. The standard InChI is InChI=1S/C10H15N3O3S/c14-9(15)6-17-10-12-11-7-13(10)3-4-16-5-8-1-2-8/h7-8H,1-6H2,(H,14,15). The molecule has 0 amide bonds. The van der Waals surface area contributed by atoms with Crippen molar-refractivity contribution >= 4 is 17.7 Å². The zero-order valence-electron chi connectivity index (χ0n) is 9.41. The highest BCUT2D eigenvalue weighted by atomic mass is 32.2. The maximum absolute atomic E-state index is 10.4. The summed E-state index contributed by atoms with van der Waals surface area (Å²) in [6.45, 7) is 2.12. The molecule has 1 N–H and O–H groups in total. The van der Waals surface area contributed by atoms with Crippen molar-refractivity contribution in [2.75, 3.05) is 19.0 Å². The maximum atomic E-state index is 10.4. The fourth-order valence-corrected chi connectivity index (χ4v) is 1.99. The van der Waals surface area contributed by atoms with Crippen LogP contribution in [0.15, 0.2) is 11.5 Å². The summed E-state index contributed by atoms with van der Waals surface area (Å²) < 4.78 is 7.33. The van der Waals surface area contributed by atoms with Crippen molar-refractivity contribution in [1.29, 1.82) is 0 Å². The van der Waals surface area contributed by atoms with Crippen molar-refractivity contribution in [3.63, 3.8) is 0 Å². The molecule has 0 atom stereocenters. The first-order valence-electron chi connectivity index (χ1n) is 5.56. The van der Waals surface area contributed by atoms with Crippen LogP contribution in [0.1, 0.15) is 12.8 Å². The number of thioether (sulfide) groups is 1. The number of carboxylic acid groups (broad SMARTS) is 1. The van der Waals surface area contributed by atoms with Crippen LogP contribution in [-0.2, 0) is 16.1 Å². The zero-order valence-corrected chi connectivity index (χ0v) is 10.2. The van der Waals surface area contributed by atoms with Crippen molar-refractivity contribution in [3.8, 4) is 0 Å². The lowest BCUT2D eigenvalue weighted by Gasteiger charge is -2.06. The average molecular weight is 257 g/mol. The maximum Gasteiger partial charge on any atom is 0.313 e. The number of carboxylic acids is 1. The first kappa shape index (κ1) is 12.4. The van der Waals surface area contributed by atoms with Gasteiger partial charge in [-0.2, -0.15) is 0 Å². The molecule has 6 nitrogen and oxygen atoms in total. The summed E-state index contributed by atoms with van der Waals surface area (Å²) >= 11 is 1.17. The Morgan fingerprint density at radius 1 is 1.65 bits per heavy atom. The lowest BCUT2D eigenvalue weighted by molar-refractivity contribution is -0.133. The molecule has 0 spiro atoms. The van der Waals surface area contributed by atoms with Crippen LogP contribution in [0, 0.1) is 5.92 Å². The van der Waals surface area contributed by atoms with E-state index in [2.05, 4.69) is 10.2 Å². The van der Waals surface area contributed by atoms with Gasteiger partial charge in [0.15, 0.2) is 5.16 Å². The number of aromatic nitrogens is 3. The topological polar surface area (TPSA) is 77.2 Å². The monoisotopic (exact) mass is 257 g/mol. The van der Waals surface area contributed by atoms with Gasteiger partial charge >= 0.3 is 5.97 Å². The molecule has 0 radical (unpaired) electrons. The summed E-state index contributed by atoms with van der Waals surface area (Å²) in [4.78, 5) is 10.4. The number of hydrogen-bond donors (Lipinski definition) is 1. The fourth-order valence-electron chi connectivity index (χ4n) is 1.33. The molecule has 1 aliphatic carbocycles. The van der Waals surface area contributed by atoms with Crippen LogP contribution in [0.2, 0.25) is 0 Å². The van der Waals surface area contributed by atoms with Gasteiger partial charge in [-0.1, -0.05) is 11.8 Å². The first-order chi connectivity index (χ1) is 8.25. The Labute approximate surface area is 103 Å². The Kier molecular flexibility index (Phi) is 4.38. The normalized spacial score (nSPS) is 15.1. The van der Waals surface area contributed by atoms with E-state index >= 15 is 0 Å². The third kappa shape index (κ3) is 4.35. The van der Waals surface area contributed by atoms with Crippen molar-refractivity contribution in [2.45, 2.75) is 24.5 Å². The van der Waals surface area contributed by atoms with Crippen molar-refractivity contribution < 1.29 is 14.6 Å². The molecule has 0 unspecified atom stereocenters. The molecule has 1 aliphatic rings. The molecule has 1 aromatic rings. The van der Waals surface area contributed by atoms with E-state index in [4.69, 9.17) is 9.84 Å². The zero-order chi connectivity index (χ0) is 12.1. The summed E-state index contributed by atoms with van der Waals surface area (Å²) in [5, 5.41) is 16.9. The van der Waals surface area contributed by atoms with Gasteiger partial charge in [-0.3, -0.25) is 4.79 Å². The van der Waals surface area contributed by atoms with E-state index in [1.807, 2.05) is 4.57 Å². The van der Waals surface area contributed by atoms with Gasteiger partial charge in [0.25, 0.3) is 0 Å². The molecule has 7 heteroatoms. The Balaban J connectivity index is 1.70. The van der Waals surface area contributed by atoms with Gasteiger partial charge in [-0.25, -0.2) is 0 Å². The Morgan fingerprint density at radius 3 is 3.18 bits per heavy atom. The molecular formula is C10H15N3O3S. The second kappa shape index (κ2) is 6.02. The molecule has 1 heterocycles. The minimum absolute atomic E-state index is 0.00161. The van der Waals surface area contributed by atoms with Gasteiger partial charge in [-0.15, -0.1) is 10.2 Å². The third-order valence-corrected chi connectivity index (χ3v) is 3.40. The summed E-state index contributed by atoms with van der Waals surface area (Å²) in [5.74, 6) is -0.0898. The Hall–Kier alpha value is -1.08. The number of ether oxygens (including phenoxy) is 1. The van der Waals surface area contributed by atoms with Crippen LogP contribution < -0.4 is 0 Å². The van der Waals surface area contributed by atoms with Crippen molar-refractivity contribution in [3.05, 3.63) is 6.33 Å². The summed E-state index contributed by atoms with van der Waals surface area (Å²) in [6.07, 6.45) is 4.17. The van der Waals surface area contributed by atoms with E-state index < -0.39 is 5.97 Å². The van der Waals surface area contributed by atoms with Gasteiger partial charge in [0.2, 0.25) is 0 Å². The van der Waals surface area contributed by atoms with Gasteiger partial charge in [0.05, 0.1) is 12.4 Å². The predicted octanol–water partition coefficient (Wildman–Crippen LogP) is 0.881. The second-order valence-electron chi connectivity index (χ2n) is 4.01. The summed E-state index contributed by atoms with van der Waals surface area (Å²) in [6, 6.07) is 0. The van der Waals surface area contributed by atoms with Gasteiger partial charge in [0, 0.05) is 13.2 Å². The van der Waals surface area contributed by atoms with Crippen LogP contribution in [0.4, 0.5) is 0 Å². The molecule has 17 heavy (non-hydrogen) atoms. The van der Waals surface area contributed by atoms with E-state index in [9.17, 15) is 4.79 Å². The third-order valence-electron chi connectivity index (χ3n) is 2.43. The van der Waals surface area contributed by atoms with Crippen molar-refractivity contribution in [2.24, 2.45) is 5.92 Å². The number of aliphatic carboxylic acids is 1. The Bertz CT molecular complexity index is 379. The van der Waals surface area contributed by atoms with E-state index in [0.717, 1.165) is 12.5 Å². The molecule has 0 aliphatic heterocycles. The van der Waals surface area contributed by atoms with Crippen LogP contribution in [-0.4, -0.2) is 44.8 Å². The smallest absolute Gasteiger partial charge is 0.313 e. The Morgan fingerprint density at radius 2 is 2.47 bits per heavy atom. The quantitative estimate of drug-likeness (QED) is 0.550. The molecule has 2 rings (SSSR count). The number of carbonyl (C=O) groups is 1. The highest BCUT2D eigenvalue weighted by molar-refractivity contribution is 7.99. The molecular weight excluding hydrogens is 242 g/mol. The highest BCUT2D eigenvalue weighted by Gasteiger charge is 2.20. The molecule has 1 aromatic heterocycles. The molecule has 0 aromatic carbocycles. The number of nitrogens with zero attached hydrogens (tertiary/aromatic N) is 3. The predicted molar refractivity (Wildman–Crippen MR) is 61.9 cm³/mol. The fraction of sp³-hybridized carbons (Fsp3) is 0.700. The van der Waals surface area contributed by atoms with E-state index in [1.54, 1.807) is 6.33 Å². The van der Waals surface area contributed by atoms with E-state index in [-0.39, 0.29) is 5.75 Å². The summed E-state index contributed by atoms with van der Waals surface area (Å²) in [7, 11) is 0. The van der Waals surface area contributed by atoms with Crippen molar-refractivity contribution in [1.82, 2.24) is 14.8 Å². The van der Waals surface area contributed by atoms with E-state index in [0.29, 0.717) is 18.3 Å². The molecule has 1 saturated carbocycles. The largest absolute Gasteiger partial charge is 0.481 e. The molecule has 0 saturated heterocycles. The summed E-state index contributed by atoms with van der Waals surface area (Å²) in [5.41, 5.74) is 0. The van der Waals surface area contributed by atoms with Crippen LogP contribution >= 0.6 is 11.8 Å². The van der Waals surface area contributed by atoms with Crippen LogP contribution in [0.5, 0.6) is 0 Å². The lowest BCUT2D eigenvalue weighted by atomic mass is 10.5. The number of hydrogen-bond acceptors (Lipinski definition) is 5. The molecule has 94 valence electrons. The SMILES string of the molecule is O=C(O)CSc1nncn1CCOCC1CC1. The average Bonchev–Trinajstić information content (AvgIpc) is 3.01. The van der Waals surface area contributed by atoms with E-state index in [1.165, 1.54) is 24.6 Å².